The van der Waals surface area contributed by atoms with E-state index in [4.69, 9.17) is 10.2 Å². The van der Waals surface area contributed by atoms with E-state index < -0.39 is 24.6 Å². The second-order valence-electron chi connectivity index (χ2n) is 5.06. The molecule has 1 rings (SSSR count). The van der Waals surface area contributed by atoms with Gasteiger partial charge in [-0.15, -0.1) is 0 Å². The molecule has 1 fully saturated rings. The Morgan fingerprint density at radius 3 is 2.61 bits per heavy atom. The molecule has 0 bridgehead atoms. The largest absolute Gasteiger partial charge is 0.480 e. The molecule has 1 saturated carbocycles. The maximum Gasteiger partial charge on any atom is 0.328 e. The molecule has 0 heterocycles. The first kappa shape index (κ1) is 14.8. The lowest BCUT2D eigenvalue weighted by Gasteiger charge is -2.34. The van der Waals surface area contributed by atoms with Gasteiger partial charge in [0, 0.05) is 13.1 Å². The van der Waals surface area contributed by atoms with E-state index in [-0.39, 0.29) is 6.04 Å². The summed E-state index contributed by atoms with van der Waals surface area (Å²) in [5.74, 6) is -0.636. The van der Waals surface area contributed by atoms with E-state index in [0.717, 1.165) is 19.3 Å². The van der Waals surface area contributed by atoms with E-state index in [1.807, 2.05) is 0 Å². The lowest BCUT2D eigenvalue weighted by atomic mass is 9.86. The Hall–Kier alpha value is -1.30. The number of aliphatic carboxylic acids is 1. The maximum atomic E-state index is 11.9. The summed E-state index contributed by atoms with van der Waals surface area (Å²) in [6.45, 7) is 1.56. The molecule has 0 aliphatic heterocycles. The maximum absolute atomic E-state index is 11.9. The molecule has 3 N–H and O–H groups in total. The first-order valence-electron chi connectivity index (χ1n) is 6.32. The molecule has 1 aliphatic rings. The molecule has 2 amide bonds. The van der Waals surface area contributed by atoms with Crippen molar-refractivity contribution in [3.05, 3.63) is 0 Å². The van der Waals surface area contributed by atoms with Crippen molar-refractivity contribution in [1.29, 1.82) is 0 Å². The molecule has 0 aromatic carbocycles. The van der Waals surface area contributed by atoms with Crippen LogP contribution in [0.2, 0.25) is 0 Å². The number of aliphatic hydroxyl groups excluding tert-OH is 1. The minimum Gasteiger partial charge on any atom is -0.480 e. The summed E-state index contributed by atoms with van der Waals surface area (Å²) in [6.07, 6.45) is 4.16. The summed E-state index contributed by atoms with van der Waals surface area (Å²) in [5, 5.41) is 19.9. The Labute approximate surface area is 107 Å². The van der Waals surface area contributed by atoms with Crippen molar-refractivity contribution < 1.29 is 19.8 Å². The van der Waals surface area contributed by atoms with Crippen LogP contribution in [0.1, 0.15) is 32.6 Å². The van der Waals surface area contributed by atoms with Gasteiger partial charge in [-0.1, -0.05) is 19.8 Å². The summed E-state index contributed by atoms with van der Waals surface area (Å²) >= 11 is 0. The molecule has 6 nitrogen and oxygen atoms in total. The van der Waals surface area contributed by atoms with Crippen molar-refractivity contribution in [2.75, 3.05) is 13.7 Å². The Morgan fingerprint density at radius 1 is 1.44 bits per heavy atom. The fourth-order valence-electron chi connectivity index (χ4n) is 2.36. The third-order valence-corrected chi connectivity index (χ3v) is 3.56. The molecular formula is C12H22N2O4. The smallest absolute Gasteiger partial charge is 0.328 e. The number of rotatable bonds is 4. The van der Waals surface area contributed by atoms with Gasteiger partial charge in [-0.3, -0.25) is 0 Å². The minimum absolute atomic E-state index is 0.155. The minimum atomic E-state index is -1.24. The first-order chi connectivity index (χ1) is 8.45. The van der Waals surface area contributed by atoms with E-state index in [0.29, 0.717) is 5.92 Å². The van der Waals surface area contributed by atoms with E-state index >= 15 is 0 Å². The van der Waals surface area contributed by atoms with E-state index in [1.165, 1.54) is 6.42 Å². The van der Waals surface area contributed by atoms with E-state index in [1.54, 1.807) is 11.9 Å². The highest BCUT2D eigenvalue weighted by Gasteiger charge is 2.27. The summed E-state index contributed by atoms with van der Waals surface area (Å²) in [4.78, 5) is 24.1. The van der Waals surface area contributed by atoms with Gasteiger partial charge in [-0.2, -0.15) is 0 Å². The lowest BCUT2D eigenvalue weighted by molar-refractivity contribution is -0.140. The Morgan fingerprint density at radius 2 is 2.11 bits per heavy atom. The number of carboxylic acid groups (broad SMARTS) is 1. The average Bonchev–Trinajstić information content (AvgIpc) is 2.34. The molecular weight excluding hydrogens is 236 g/mol. The molecule has 6 heteroatoms. The number of urea groups is 1. The summed E-state index contributed by atoms with van der Waals surface area (Å²) < 4.78 is 0. The number of amides is 2. The predicted molar refractivity (Wildman–Crippen MR) is 66.2 cm³/mol. The Kier molecular flexibility index (Phi) is 5.40. The number of hydrogen-bond acceptors (Lipinski definition) is 3. The molecule has 18 heavy (non-hydrogen) atoms. The van der Waals surface area contributed by atoms with Crippen LogP contribution in [0.5, 0.6) is 0 Å². The molecule has 1 aliphatic carbocycles. The standard InChI is InChI=1S/C12H22N2O4/c1-8-4-3-5-9(6-8)14(2)12(18)13-10(7-15)11(16)17/h8-10,15H,3-7H2,1-2H3,(H,13,18)(H,16,17)/t8?,9?,10-/m1/s1. The third-order valence-electron chi connectivity index (χ3n) is 3.56. The average molecular weight is 258 g/mol. The fraction of sp³-hybridized carbons (Fsp3) is 0.833. The number of nitrogens with zero attached hydrogens (tertiary/aromatic N) is 1. The van der Waals surface area contributed by atoms with Gasteiger partial charge in [0.15, 0.2) is 6.04 Å². The second-order valence-corrected chi connectivity index (χ2v) is 5.06. The van der Waals surface area contributed by atoms with Crippen LogP contribution < -0.4 is 5.32 Å². The van der Waals surface area contributed by atoms with Crippen LogP contribution in [-0.2, 0) is 4.79 Å². The Bertz CT molecular complexity index is 308. The van der Waals surface area contributed by atoms with Crippen molar-refractivity contribution in [1.82, 2.24) is 10.2 Å². The highest BCUT2D eigenvalue weighted by molar-refractivity contribution is 5.82. The van der Waals surface area contributed by atoms with E-state index in [2.05, 4.69) is 12.2 Å². The third kappa shape index (κ3) is 3.87. The second kappa shape index (κ2) is 6.58. The van der Waals surface area contributed by atoms with Crippen LogP contribution in [0.25, 0.3) is 0 Å². The van der Waals surface area contributed by atoms with Crippen molar-refractivity contribution >= 4 is 12.0 Å². The molecule has 0 aromatic heterocycles. The monoisotopic (exact) mass is 258 g/mol. The summed E-state index contributed by atoms with van der Waals surface area (Å²) in [5.41, 5.74) is 0. The number of carbonyl (C=O) groups is 2. The number of carboxylic acids is 1. The molecule has 0 radical (unpaired) electrons. The predicted octanol–water partition coefficient (Wildman–Crippen LogP) is 0.652. The fourth-order valence-corrected chi connectivity index (χ4v) is 2.36. The van der Waals surface area contributed by atoms with Crippen molar-refractivity contribution in [2.24, 2.45) is 5.92 Å². The van der Waals surface area contributed by atoms with Crippen LogP contribution in [-0.4, -0.2) is 52.9 Å². The van der Waals surface area contributed by atoms with Crippen LogP contribution in [0.15, 0.2) is 0 Å². The molecule has 3 atom stereocenters. The molecule has 0 spiro atoms. The van der Waals surface area contributed by atoms with Gasteiger partial charge in [-0.05, 0) is 18.8 Å². The lowest BCUT2D eigenvalue weighted by Crippen LogP contribution is -2.51. The highest BCUT2D eigenvalue weighted by Crippen LogP contribution is 2.26. The van der Waals surface area contributed by atoms with Crippen molar-refractivity contribution in [2.45, 2.75) is 44.7 Å². The van der Waals surface area contributed by atoms with Gasteiger partial charge in [0.1, 0.15) is 0 Å². The van der Waals surface area contributed by atoms with E-state index in [9.17, 15) is 9.59 Å². The number of carbonyl (C=O) groups excluding carboxylic acids is 1. The normalized spacial score (nSPS) is 25.3. The number of aliphatic hydroxyl groups is 1. The van der Waals surface area contributed by atoms with Gasteiger partial charge in [0.25, 0.3) is 0 Å². The SMILES string of the molecule is CC1CCCC(N(C)C(=O)N[C@H](CO)C(=O)O)C1. The molecule has 2 unspecified atom stereocenters. The van der Waals surface area contributed by atoms with Gasteiger partial charge in [0.05, 0.1) is 6.61 Å². The highest BCUT2D eigenvalue weighted by atomic mass is 16.4. The summed E-state index contributed by atoms with van der Waals surface area (Å²) in [6, 6.07) is -1.52. The molecule has 0 aromatic rings. The molecule has 0 saturated heterocycles. The Balaban J connectivity index is 2.52. The first-order valence-corrected chi connectivity index (χ1v) is 6.32. The zero-order valence-corrected chi connectivity index (χ0v) is 10.9. The number of nitrogens with one attached hydrogen (secondary N) is 1. The summed E-state index contributed by atoms with van der Waals surface area (Å²) in [7, 11) is 1.67. The zero-order valence-electron chi connectivity index (χ0n) is 10.9. The van der Waals surface area contributed by atoms with Crippen LogP contribution in [0.3, 0.4) is 0 Å². The van der Waals surface area contributed by atoms with Crippen LogP contribution in [0.4, 0.5) is 4.79 Å². The van der Waals surface area contributed by atoms with Gasteiger partial charge in [0.2, 0.25) is 0 Å². The van der Waals surface area contributed by atoms with Crippen molar-refractivity contribution in [3.63, 3.8) is 0 Å². The topological polar surface area (TPSA) is 89.9 Å². The van der Waals surface area contributed by atoms with Crippen LogP contribution >= 0.6 is 0 Å². The van der Waals surface area contributed by atoms with Gasteiger partial charge >= 0.3 is 12.0 Å². The van der Waals surface area contributed by atoms with Gasteiger partial charge in [-0.25, -0.2) is 9.59 Å². The zero-order chi connectivity index (χ0) is 13.7. The van der Waals surface area contributed by atoms with Crippen molar-refractivity contribution in [3.8, 4) is 0 Å². The number of hydrogen-bond donors (Lipinski definition) is 3. The van der Waals surface area contributed by atoms with Crippen LogP contribution in [0, 0.1) is 5.92 Å². The van der Waals surface area contributed by atoms with Gasteiger partial charge < -0.3 is 20.4 Å². The molecule has 104 valence electrons. The quantitative estimate of drug-likeness (QED) is 0.690.